The number of nitro groups is 1. The van der Waals surface area contributed by atoms with Gasteiger partial charge in [0.1, 0.15) is 11.3 Å². The minimum atomic E-state index is -0.650. The van der Waals surface area contributed by atoms with Gasteiger partial charge in [-0.1, -0.05) is 30.3 Å². The third-order valence-electron chi connectivity index (χ3n) is 4.72. The molecule has 1 heterocycles. The Hall–Kier alpha value is -4.26. The number of fused-ring (bicyclic) bond motifs is 1. The molecule has 0 fully saturated rings. The second-order valence-electron chi connectivity index (χ2n) is 6.61. The lowest BCUT2D eigenvalue weighted by molar-refractivity contribution is -0.384. The lowest BCUT2D eigenvalue weighted by atomic mass is 9.99. The fourth-order valence-electron chi connectivity index (χ4n) is 3.22. The minimum Gasteiger partial charge on any atom is -0.423 e. The molecule has 0 radical (unpaired) electrons. The molecule has 0 aliphatic carbocycles. The maximum Gasteiger partial charge on any atom is 0.344 e. The maximum atomic E-state index is 12.5. The molecule has 0 bridgehead atoms. The van der Waals surface area contributed by atoms with E-state index in [1.54, 1.807) is 12.1 Å². The summed E-state index contributed by atoms with van der Waals surface area (Å²) in [5, 5.41) is 11.4. The van der Waals surface area contributed by atoms with E-state index in [9.17, 15) is 19.7 Å². The van der Waals surface area contributed by atoms with E-state index >= 15 is 0 Å². The Balaban J connectivity index is 1.70. The molecule has 0 N–H and O–H groups in total. The van der Waals surface area contributed by atoms with Crippen LogP contribution in [0.3, 0.4) is 0 Å². The highest BCUT2D eigenvalue weighted by molar-refractivity contribution is 5.93. The molecule has 0 saturated heterocycles. The van der Waals surface area contributed by atoms with Gasteiger partial charge in [0.05, 0.1) is 16.1 Å². The molecule has 0 saturated carbocycles. The average molecular weight is 401 g/mol. The first-order valence-corrected chi connectivity index (χ1v) is 9.03. The molecular weight excluding hydrogens is 386 g/mol. The van der Waals surface area contributed by atoms with Crippen LogP contribution in [0.2, 0.25) is 0 Å². The Labute approximate surface area is 170 Å². The highest BCUT2D eigenvalue weighted by Crippen LogP contribution is 2.29. The number of nitrogens with zero attached hydrogens (tertiary/aromatic N) is 1. The zero-order valence-electron chi connectivity index (χ0n) is 15.8. The fraction of sp³-hybridized carbons (Fsp3) is 0.0435. The largest absolute Gasteiger partial charge is 0.423 e. The van der Waals surface area contributed by atoms with E-state index in [-0.39, 0.29) is 17.0 Å². The summed E-state index contributed by atoms with van der Waals surface area (Å²) in [5.74, 6) is -0.385. The summed E-state index contributed by atoms with van der Waals surface area (Å²) in [6.07, 6.45) is 0. The smallest absolute Gasteiger partial charge is 0.344 e. The maximum absolute atomic E-state index is 12.5. The second kappa shape index (κ2) is 7.63. The first-order chi connectivity index (χ1) is 14.4. The van der Waals surface area contributed by atoms with E-state index in [0.717, 1.165) is 5.56 Å². The van der Waals surface area contributed by atoms with Gasteiger partial charge in [-0.25, -0.2) is 9.59 Å². The highest BCUT2D eigenvalue weighted by atomic mass is 16.6. The van der Waals surface area contributed by atoms with E-state index in [1.165, 1.54) is 30.3 Å². The van der Waals surface area contributed by atoms with Crippen LogP contribution < -0.4 is 10.4 Å². The molecule has 30 heavy (non-hydrogen) atoms. The number of esters is 1. The Morgan fingerprint density at radius 2 is 1.70 bits per heavy atom. The van der Waals surface area contributed by atoms with E-state index < -0.39 is 16.5 Å². The molecule has 0 unspecified atom stereocenters. The number of hydrogen-bond donors (Lipinski definition) is 0. The number of ether oxygens (including phenoxy) is 1. The van der Waals surface area contributed by atoms with Gasteiger partial charge < -0.3 is 9.15 Å². The van der Waals surface area contributed by atoms with Crippen LogP contribution in [0.1, 0.15) is 15.9 Å². The van der Waals surface area contributed by atoms with Crippen molar-refractivity contribution in [2.24, 2.45) is 0 Å². The van der Waals surface area contributed by atoms with Gasteiger partial charge in [0.25, 0.3) is 5.69 Å². The van der Waals surface area contributed by atoms with Crippen LogP contribution in [0.15, 0.2) is 82.0 Å². The molecular formula is C23H15NO6. The van der Waals surface area contributed by atoms with Crippen LogP contribution in [-0.4, -0.2) is 10.9 Å². The number of carbonyl (C=O) groups is 1. The first-order valence-electron chi connectivity index (χ1n) is 9.03. The van der Waals surface area contributed by atoms with Crippen molar-refractivity contribution in [2.45, 2.75) is 6.92 Å². The van der Waals surface area contributed by atoms with Gasteiger partial charge >= 0.3 is 11.6 Å². The van der Waals surface area contributed by atoms with Crippen LogP contribution in [0.25, 0.3) is 22.1 Å². The van der Waals surface area contributed by atoms with Gasteiger partial charge in [-0.05, 0) is 48.4 Å². The molecule has 7 nitrogen and oxygen atoms in total. The van der Waals surface area contributed by atoms with Crippen molar-refractivity contribution in [1.82, 2.24) is 0 Å². The molecule has 0 aliphatic heterocycles. The topological polar surface area (TPSA) is 99.7 Å². The molecule has 0 amide bonds. The van der Waals surface area contributed by atoms with Crippen molar-refractivity contribution in [1.29, 1.82) is 0 Å². The summed E-state index contributed by atoms with van der Waals surface area (Å²) in [4.78, 5) is 35.1. The fourth-order valence-corrected chi connectivity index (χ4v) is 3.22. The molecule has 0 spiro atoms. The van der Waals surface area contributed by atoms with Crippen molar-refractivity contribution in [3.63, 3.8) is 0 Å². The Bertz CT molecular complexity index is 1320. The molecule has 148 valence electrons. The van der Waals surface area contributed by atoms with E-state index in [1.807, 2.05) is 37.3 Å². The van der Waals surface area contributed by atoms with Gasteiger partial charge in [-0.3, -0.25) is 10.1 Å². The summed E-state index contributed by atoms with van der Waals surface area (Å²) in [5.41, 5.74) is 1.90. The van der Waals surface area contributed by atoms with Crippen molar-refractivity contribution >= 4 is 22.6 Å². The van der Waals surface area contributed by atoms with E-state index in [4.69, 9.17) is 9.15 Å². The molecule has 0 aliphatic rings. The highest BCUT2D eigenvalue weighted by Gasteiger charge is 2.16. The predicted molar refractivity (Wildman–Crippen MR) is 111 cm³/mol. The zero-order chi connectivity index (χ0) is 21.3. The Morgan fingerprint density at radius 3 is 2.37 bits per heavy atom. The lowest BCUT2D eigenvalue weighted by Gasteiger charge is -2.10. The summed E-state index contributed by atoms with van der Waals surface area (Å²) < 4.78 is 10.9. The summed E-state index contributed by atoms with van der Waals surface area (Å²) >= 11 is 0. The molecule has 4 aromatic rings. The normalized spacial score (nSPS) is 10.7. The Kier molecular flexibility index (Phi) is 4.85. The molecule has 7 heteroatoms. The first kappa shape index (κ1) is 19.1. The van der Waals surface area contributed by atoms with Gasteiger partial charge in [0.2, 0.25) is 0 Å². The van der Waals surface area contributed by atoms with Crippen LogP contribution in [0.5, 0.6) is 5.75 Å². The van der Waals surface area contributed by atoms with Crippen LogP contribution in [0, 0.1) is 17.0 Å². The van der Waals surface area contributed by atoms with Crippen LogP contribution >= 0.6 is 0 Å². The second-order valence-corrected chi connectivity index (χ2v) is 6.61. The van der Waals surface area contributed by atoms with Crippen molar-refractivity contribution in [3.05, 3.63) is 104 Å². The lowest BCUT2D eigenvalue weighted by Crippen LogP contribution is -2.09. The quantitative estimate of drug-likeness (QED) is 0.159. The monoisotopic (exact) mass is 401 g/mol. The number of benzene rings is 3. The number of non-ortho nitro benzene ring substituents is 1. The predicted octanol–water partition coefficient (Wildman–Crippen LogP) is 4.90. The summed E-state index contributed by atoms with van der Waals surface area (Å²) in [6, 6.07) is 19.0. The zero-order valence-corrected chi connectivity index (χ0v) is 15.8. The summed E-state index contributed by atoms with van der Waals surface area (Å²) in [6.45, 7) is 1.81. The third-order valence-corrected chi connectivity index (χ3v) is 4.72. The number of hydrogen-bond acceptors (Lipinski definition) is 6. The van der Waals surface area contributed by atoms with Crippen molar-refractivity contribution in [2.75, 3.05) is 0 Å². The van der Waals surface area contributed by atoms with E-state index in [2.05, 4.69) is 0 Å². The van der Waals surface area contributed by atoms with Crippen LogP contribution in [-0.2, 0) is 0 Å². The number of carbonyl (C=O) groups excluding carboxylic acids is 1. The molecule has 1 aromatic heterocycles. The third kappa shape index (κ3) is 3.56. The van der Waals surface area contributed by atoms with Gasteiger partial charge in [0.15, 0.2) is 0 Å². The number of aryl methyl sites for hydroxylation is 1. The standard InChI is InChI=1S/C23H15NO6/c1-14-19-13-18(29-22(25)16-7-9-17(10-8-16)24(27)28)11-12-20(19)30-23(26)21(14)15-5-3-2-4-6-15/h2-13H,1H3. The van der Waals surface area contributed by atoms with Crippen LogP contribution in [0.4, 0.5) is 5.69 Å². The van der Waals surface area contributed by atoms with Crippen molar-refractivity contribution < 1.29 is 18.9 Å². The SMILES string of the molecule is Cc1c(-c2ccccc2)c(=O)oc2ccc(OC(=O)c3ccc([N+](=O)[O-])cc3)cc12. The average Bonchev–Trinajstić information content (AvgIpc) is 2.75. The van der Waals surface area contributed by atoms with E-state index in [0.29, 0.717) is 22.1 Å². The van der Waals surface area contributed by atoms with Gasteiger partial charge in [-0.15, -0.1) is 0 Å². The van der Waals surface area contributed by atoms with Crippen molar-refractivity contribution in [3.8, 4) is 16.9 Å². The Morgan fingerprint density at radius 1 is 1.00 bits per heavy atom. The summed E-state index contributed by atoms with van der Waals surface area (Å²) in [7, 11) is 0. The molecule has 3 aromatic carbocycles. The minimum absolute atomic E-state index is 0.114. The number of rotatable bonds is 4. The molecule has 4 rings (SSSR count). The molecule has 0 atom stereocenters. The number of nitro benzene ring substituents is 1. The van der Waals surface area contributed by atoms with Gasteiger partial charge in [0, 0.05) is 17.5 Å². The van der Waals surface area contributed by atoms with Gasteiger partial charge in [-0.2, -0.15) is 0 Å².